The van der Waals surface area contributed by atoms with Crippen molar-refractivity contribution in [2.24, 2.45) is 5.92 Å². The Morgan fingerprint density at radius 2 is 1.77 bits per heavy atom. The topological polar surface area (TPSA) is 92.8 Å². The zero-order chi connectivity index (χ0) is 22.5. The van der Waals surface area contributed by atoms with Crippen LogP contribution in [0.3, 0.4) is 0 Å². The molecule has 1 heterocycles. The van der Waals surface area contributed by atoms with Crippen LogP contribution < -0.4 is 5.32 Å². The van der Waals surface area contributed by atoms with E-state index in [0.29, 0.717) is 11.3 Å². The van der Waals surface area contributed by atoms with Gasteiger partial charge in [0.05, 0.1) is 12.0 Å². The van der Waals surface area contributed by atoms with Crippen molar-refractivity contribution in [3.8, 4) is 0 Å². The maximum Gasteiger partial charge on any atom is 0.312 e. The molecule has 0 aliphatic carbocycles. The van der Waals surface area contributed by atoms with Crippen molar-refractivity contribution in [2.75, 3.05) is 11.9 Å². The van der Waals surface area contributed by atoms with E-state index in [1.807, 2.05) is 37.3 Å². The van der Waals surface area contributed by atoms with Gasteiger partial charge in [-0.15, -0.1) is 0 Å². The van der Waals surface area contributed by atoms with Crippen LogP contribution in [-0.2, 0) is 19.1 Å². The molecule has 1 N–H and O–H groups in total. The Morgan fingerprint density at radius 1 is 1.06 bits per heavy atom. The molecular weight excluding hydrogens is 396 g/mol. The first-order valence-electron chi connectivity index (χ1n) is 10.2. The summed E-state index contributed by atoms with van der Waals surface area (Å²) < 4.78 is 5.33. The summed E-state index contributed by atoms with van der Waals surface area (Å²) in [4.78, 5) is 50.6. The van der Waals surface area contributed by atoms with Gasteiger partial charge in [-0.3, -0.25) is 19.2 Å². The molecule has 0 radical (unpaired) electrons. The van der Waals surface area contributed by atoms with Crippen LogP contribution in [0.2, 0.25) is 0 Å². The molecule has 1 aliphatic heterocycles. The van der Waals surface area contributed by atoms with Crippen LogP contribution in [0.5, 0.6) is 0 Å². The van der Waals surface area contributed by atoms with Gasteiger partial charge in [0, 0.05) is 24.2 Å². The largest absolute Gasteiger partial charge is 0.452 e. The summed E-state index contributed by atoms with van der Waals surface area (Å²) in [5, 5.41) is 2.64. The maximum absolute atomic E-state index is 12.6. The van der Waals surface area contributed by atoms with Gasteiger partial charge in [0.25, 0.3) is 5.91 Å². The number of anilines is 1. The predicted molar refractivity (Wildman–Crippen MR) is 115 cm³/mol. The molecule has 0 unspecified atom stereocenters. The third-order valence-electron chi connectivity index (χ3n) is 5.44. The van der Waals surface area contributed by atoms with E-state index in [1.165, 1.54) is 13.8 Å². The summed E-state index contributed by atoms with van der Waals surface area (Å²) in [6.45, 7) is 5.09. The Balaban J connectivity index is 1.57. The number of carbonyl (C=O) groups is 4. The molecular formula is C24H26N2O5. The minimum Gasteiger partial charge on any atom is -0.452 e. The van der Waals surface area contributed by atoms with Gasteiger partial charge in [0.15, 0.2) is 11.9 Å². The number of esters is 1. The van der Waals surface area contributed by atoms with E-state index >= 15 is 0 Å². The summed E-state index contributed by atoms with van der Waals surface area (Å²) in [5.41, 5.74) is 1.91. The summed E-state index contributed by atoms with van der Waals surface area (Å²) in [6, 6.07) is 16.0. The standard InChI is InChI=1S/C24H26N2O5/c1-15(18-8-5-4-6-9-18)26-14-20(13-22(26)28)24(30)31-17(3)23(29)25-21-11-7-10-19(12-21)16(2)27/h4-12,15,17,20H,13-14H2,1-3H3,(H,25,29)/t15-,17+,20+/m1/s1. The van der Waals surface area contributed by atoms with Gasteiger partial charge in [-0.25, -0.2) is 0 Å². The molecule has 7 nitrogen and oxygen atoms in total. The Bertz CT molecular complexity index is 988. The minimum atomic E-state index is -1.04. The number of carbonyl (C=O) groups excluding carboxylic acids is 4. The fraction of sp³-hybridized carbons (Fsp3) is 0.333. The van der Waals surface area contributed by atoms with Crippen molar-refractivity contribution in [1.29, 1.82) is 0 Å². The number of hydrogen-bond acceptors (Lipinski definition) is 5. The number of amides is 2. The highest BCUT2D eigenvalue weighted by Crippen LogP contribution is 2.29. The average molecular weight is 422 g/mol. The number of benzene rings is 2. The van der Waals surface area contributed by atoms with Crippen LogP contribution in [0.4, 0.5) is 5.69 Å². The predicted octanol–water partition coefficient (Wildman–Crippen LogP) is 3.37. The molecule has 0 spiro atoms. The van der Waals surface area contributed by atoms with Crippen molar-refractivity contribution in [3.63, 3.8) is 0 Å². The lowest BCUT2D eigenvalue weighted by atomic mass is 10.1. The molecule has 0 bridgehead atoms. The fourth-order valence-electron chi connectivity index (χ4n) is 3.56. The molecule has 1 saturated heterocycles. The number of rotatable bonds is 7. The van der Waals surface area contributed by atoms with E-state index < -0.39 is 23.9 Å². The van der Waals surface area contributed by atoms with Crippen molar-refractivity contribution in [3.05, 3.63) is 65.7 Å². The molecule has 2 amide bonds. The van der Waals surface area contributed by atoms with E-state index in [4.69, 9.17) is 4.74 Å². The van der Waals surface area contributed by atoms with Gasteiger partial charge in [0.1, 0.15) is 0 Å². The van der Waals surface area contributed by atoms with Gasteiger partial charge in [-0.05, 0) is 38.5 Å². The normalized spacial score (nSPS) is 17.7. The number of nitrogens with one attached hydrogen (secondary N) is 1. The lowest BCUT2D eigenvalue weighted by Gasteiger charge is -2.25. The van der Waals surface area contributed by atoms with Crippen molar-refractivity contribution in [2.45, 2.75) is 39.3 Å². The first kappa shape index (κ1) is 22.2. The van der Waals surface area contributed by atoms with Crippen LogP contribution in [0.1, 0.15) is 49.2 Å². The van der Waals surface area contributed by atoms with Gasteiger partial charge in [-0.1, -0.05) is 42.5 Å². The number of Topliss-reactive ketones (excluding diaryl/α,β-unsaturated/α-hetero) is 1. The lowest BCUT2D eigenvalue weighted by Crippen LogP contribution is -2.33. The van der Waals surface area contributed by atoms with E-state index in [-0.39, 0.29) is 30.7 Å². The van der Waals surface area contributed by atoms with Crippen molar-refractivity contribution >= 4 is 29.3 Å². The molecule has 7 heteroatoms. The molecule has 162 valence electrons. The monoisotopic (exact) mass is 422 g/mol. The van der Waals surface area contributed by atoms with Gasteiger partial charge in [-0.2, -0.15) is 0 Å². The van der Waals surface area contributed by atoms with Crippen LogP contribution in [0.25, 0.3) is 0 Å². The van der Waals surface area contributed by atoms with E-state index in [1.54, 1.807) is 29.2 Å². The summed E-state index contributed by atoms with van der Waals surface area (Å²) >= 11 is 0. The third kappa shape index (κ3) is 5.36. The Hall–Kier alpha value is -3.48. The molecule has 3 rings (SSSR count). The van der Waals surface area contributed by atoms with Crippen LogP contribution in [0.15, 0.2) is 54.6 Å². The molecule has 0 saturated carbocycles. The molecule has 1 aliphatic rings. The highest BCUT2D eigenvalue weighted by atomic mass is 16.5. The Morgan fingerprint density at radius 3 is 2.45 bits per heavy atom. The highest BCUT2D eigenvalue weighted by Gasteiger charge is 2.38. The van der Waals surface area contributed by atoms with Gasteiger partial charge < -0.3 is 15.0 Å². The van der Waals surface area contributed by atoms with Crippen LogP contribution >= 0.6 is 0 Å². The summed E-state index contributed by atoms with van der Waals surface area (Å²) in [6.07, 6.45) is -0.977. The Kier molecular flexibility index (Phi) is 6.84. The van der Waals surface area contributed by atoms with Crippen molar-refractivity contribution in [1.82, 2.24) is 4.90 Å². The SMILES string of the molecule is CC(=O)c1cccc(NC(=O)[C@H](C)OC(=O)[C@H]2CC(=O)N([C@H](C)c3ccccc3)C2)c1. The third-order valence-corrected chi connectivity index (χ3v) is 5.44. The number of likely N-dealkylation sites (tertiary alicyclic amines) is 1. The highest BCUT2D eigenvalue weighted by molar-refractivity contribution is 5.98. The number of ketones is 1. The molecule has 2 aromatic rings. The van der Waals surface area contributed by atoms with E-state index in [9.17, 15) is 19.2 Å². The molecule has 2 aromatic carbocycles. The van der Waals surface area contributed by atoms with E-state index in [2.05, 4.69) is 5.32 Å². The molecule has 3 atom stereocenters. The van der Waals surface area contributed by atoms with Gasteiger partial charge in [0.2, 0.25) is 5.91 Å². The van der Waals surface area contributed by atoms with Crippen LogP contribution in [0, 0.1) is 5.92 Å². The first-order valence-corrected chi connectivity index (χ1v) is 10.2. The molecule has 1 fully saturated rings. The lowest BCUT2D eigenvalue weighted by molar-refractivity contribution is -0.157. The Labute approximate surface area is 181 Å². The zero-order valence-corrected chi connectivity index (χ0v) is 17.8. The minimum absolute atomic E-state index is 0.0605. The number of ether oxygens (including phenoxy) is 1. The van der Waals surface area contributed by atoms with Gasteiger partial charge >= 0.3 is 5.97 Å². The van der Waals surface area contributed by atoms with Crippen molar-refractivity contribution < 1.29 is 23.9 Å². The summed E-state index contributed by atoms with van der Waals surface area (Å²) in [7, 11) is 0. The molecule has 31 heavy (non-hydrogen) atoms. The summed E-state index contributed by atoms with van der Waals surface area (Å²) in [5.74, 6) is -1.92. The second-order valence-electron chi connectivity index (χ2n) is 7.74. The molecule has 0 aromatic heterocycles. The number of hydrogen-bond donors (Lipinski definition) is 1. The fourth-order valence-corrected chi connectivity index (χ4v) is 3.56. The quantitative estimate of drug-likeness (QED) is 0.546. The van der Waals surface area contributed by atoms with Crippen LogP contribution in [-0.4, -0.2) is 41.1 Å². The average Bonchev–Trinajstić information content (AvgIpc) is 3.15. The zero-order valence-electron chi connectivity index (χ0n) is 17.8. The second kappa shape index (κ2) is 9.55. The van der Waals surface area contributed by atoms with E-state index in [0.717, 1.165) is 5.56 Å². The first-order chi connectivity index (χ1) is 14.8. The smallest absolute Gasteiger partial charge is 0.312 e. The second-order valence-corrected chi connectivity index (χ2v) is 7.74. The number of nitrogens with zero attached hydrogens (tertiary/aromatic N) is 1. The maximum atomic E-state index is 12.6.